The van der Waals surface area contributed by atoms with Gasteiger partial charge in [-0.05, 0) is 44.0 Å². The van der Waals surface area contributed by atoms with Gasteiger partial charge in [0.2, 0.25) is 5.82 Å². The summed E-state index contributed by atoms with van der Waals surface area (Å²) in [4.78, 5) is 12.8. The number of aromatic hydroxyl groups is 1. The highest BCUT2D eigenvalue weighted by molar-refractivity contribution is 6.32. The zero-order chi connectivity index (χ0) is 23.7. The van der Waals surface area contributed by atoms with Gasteiger partial charge < -0.3 is 9.84 Å². The summed E-state index contributed by atoms with van der Waals surface area (Å²) in [6.45, 7) is 6.89. The van der Waals surface area contributed by atoms with Crippen LogP contribution in [0.3, 0.4) is 0 Å². The molecule has 2 aromatic carbocycles. The molecule has 1 aliphatic rings. The maximum Gasteiger partial charge on any atom is 0.280 e. The van der Waals surface area contributed by atoms with Crippen LogP contribution in [0.15, 0.2) is 35.5 Å². The summed E-state index contributed by atoms with van der Waals surface area (Å²) >= 11 is 0. The Labute approximate surface area is 179 Å². The van der Waals surface area contributed by atoms with Gasteiger partial charge in [-0.2, -0.15) is 10.1 Å². The molecule has 1 heterocycles. The zero-order valence-corrected chi connectivity index (χ0v) is 17.0. The van der Waals surface area contributed by atoms with Gasteiger partial charge in [0.25, 0.3) is 5.91 Å². The third-order valence-corrected chi connectivity index (χ3v) is 4.61. The molecule has 0 aromatic heterocycles. The molecule has 2 aromatic rings. The van der Waals surface area contributed by atoms with Crippen LogP contribution in [-0.2, 0) is 11.2 Å². The van der Waals surface area contributed by atoms with Crippen LogP contribution < -0.4 is 9.75 Å². The molecule has 0 aliphatic carbocycles. The topological polar surface area (TPSA) is 62.1 Å². The summed E-state index contributed by atoms with van der Waals surface area (Å²) in [7, 11) is 0. The van der Waals surface area contributed by atoms with Gasteiger partial charge in [-0.1, -0.05) is 6.08 Å². The first-order chi connectivity index (χ1) is 15.1. The van der Waals surface area contributed by atoms with Crippen molar-refractivity contribution in [2.45, 2.75) is 20.3 Å². The van der Waals surface area contributed by atoms with Crippen LogP contribution in [0.2, 0.25) is 0 Å². The summed E-state index contributed by atoms with van der Waals surface area (Å²) < 4.78 is 74.2. The number of ether oxygens (including phenoxy) is 1. The Morgan fingerprint density at radius 2 is 1.69 bits per heavy atom. The van der Waals surface area contributed by atoms with E-state index in [2.05, 4.69) is 11.7 Å². The lowest BCUT2D eigenvalue weighted by Crippen LogP contribution is -2.25. The summed E-state index contributed by atoms with van der Waals surface area (Å²) in [5.41, 5.74) is -0.821. The molecule has 0 saturated carbocycles. The van der Waals surface area contributed by atoms with E-state index in [1.54, 1.807) is 13.0 Å². The molecule has 5 nitrogen and oxygen atoms in total. The molecule has 1 aliphatic heterocycles. The largest absolute Gasteiger partial charge is 0.504 e. The molecule has 0 atom stereocenters. The molecular formula is C22H17F5N2O3. The second-order valence-corrected chi connectivity index (χ2v) is 6.73. The van der Waals surface area contributed by atoms with Crippen molar-refractivity contribution < 1.29 is 36.6 Å². The van der Waals surface area contributed by atoms with Crippen molar-refractivity contribution in [1.82, 2.24) is 0 Å². The number of hydrogen-bond donors (Lipinski definition) is 1. The van der Waals surface area contributed by atoms with Gasteiger partial charge in [0.05, 0.1) is 17.9 Å². The highest BCUT2D eigenvalue weighted by atomic mass is 19.2. The minimum absolute atomic E-state index is 0.0183. The second-order valence-electron chi connectivity index (χ2n) is 6.73. The van der Waals surface area contributed by atoms with Gasteiger partial charge in [-0.25, -0.2) is 22.0 Å². The predicted molar refractivity (Wildman–Crippen MR) is 108 cm³/mol. The van der Waals surface area contributed by atoms with Crippen LogP contribution in [0, 0.1) is 29.1 Å². The van der Waals surface area contributed by atoms with E-state index in [0.717, 1.165) is 0 Å². The minimum Gasteiger partial charge on any atom is -0.504 e. The monoisotopic (exact) mass is 452 g/mol. The number of amides is 1. The SMILES string of the molecule is C=CCc1cc(/C=C2/C(=O)N(c3c(F)c(F)c(F)c(F)c3F)N=C2C)cc(OCC)c1O. The van der Waals surface area contributed by atoms with Gasteiger partial charge in [0, 0.05) is 5.56 Å². The molecule has 1 amide bonds. The van der Waals surface area contributed by atoms with Crippen molar-refractivity contribution >= 4 is 23.4 Å². The van der Waals surface area contributed by atoms with E-state index in [0.29, 0.717) is 11.1 Å². The van der Waals surface area contributed by atoms with Crippen molar-refractivity contribution in [3.05, 3.63) is 70.6 Å². The molecule has 10 heteroatoms. The summed E-state index contributed by atoms with van der Waals surface area (Å²) in [5.74, 6) is -12.1. The van der Waals surface area contributed by atoms with Crippen molar-refractivity contribution in [3.8, 4) is 11.5 Å². The fourth-order valence-corrected chi connectivity index (χ4v) is 3.13. The first-order valence-corrected chi connectivity index (χ1v) is 9.35. The van der Waals surface area contributed by atoms with Crippen LogP contribution in [0.25, 0.3) is 6.08 Å². The molecule has 168 valence electrons. The fraction of sp³-hybridized carbons (Fsp3) is 0.182. The first kappa shape index (κ1) is 23.0. The Morgan fingerprint density at radius 1 is 1.09 bits per heavy atom. The molecule has 0 unspecified atom stereocenters. The number of hydrogen-bond acceptors (Lipinski definition) is 4. The standard InChI is InChI=1S/C22H17F5N2O3/c1-4-6-12-7-11(9-14(21(12)30)32-5-2)8-13-10(3)28-29(22(13)31)20-18(26)16(24)15(23)17(25)19(20)27/h4,7-9,30H,1,5-6H2,2-3H3/b13-8+. The van der Waals surface area contributed by atoms with E-state index < -0.39 is 40.7 Å². The molecule has 0 radical (unpaired) electrons. The average Bonchev–Trinajstić information content (AvgIpc) is 3.02. The summed E-state index contributed by atoms with van der Waals surface area (Å²) in [5, 5.41) is 14.1. The van der Waals surface area contributed by atoms with E-state index in [9.17, 15) is 31.9 Å². The number of rotatable bonds is 6. The highest BCUT2D eigenvalue weighted by Gasteiger charge is 2.37. The van der Waals surface area contributed by atoms with E-state index in [4.69, 9.17) is 4.74 Å². The molecule has 3 rings (SSSR count). The van der Waals surface area contributed by atoms with Gasteiger partial charge in [-0.15, -0.1) is 6.58 Å². The molecule has 0 bridgehead atoms. The number of anilines is 1. The molecule has 1 N–H and O–H groups in total. The molecular weight excluding hydrogens is 435 g/mol. The minimum atomic E-state index is -2.34. The number of nitrogens with zero attached hydrogens (tertiary/aromatic N) is 2. The predicted octanol–water partition coefficient (Wildman–Crippen LogP) is 5.02. The second kappa shape index (κ2) is 8.81. The number of carbonyl (C=O) groups excluding carboxylic acids is 1. The number of allylic oxidation sites excluding steroid dienone is 1. The van der Waals surface area contributed by atoms with Crippen molar-refractivity contribution in [1.29, 1.82) is 0 Å². The van der Waals surface area contributed by atoms with Crippen LogP contribution in [0.4, 0.5) is 27.6 Å². The number of benzene rings is 2. The quantitative estimate of drug-likeness (QED) is 0.220. The Balaban J connectivity index is 2.10. The van der Waals surface area contributed by atoms with Gasteiger partial charge in [0.15, 0.2) is 34.8 Å². The van der Waals surface area contributed by atoms with E-state index in [1.807, 2.05) is 0 Å². The third-order valence-electron chi connectivity index (χ3n) is 4.61. The number of phenols is 1. The van der Waals surface area contributed by atoms with E-state index in [1.165, 1.54) is 25.1 Å². The number of hydrazone groups is 1. The molecule has 0 saturated heterocycles. The lowest BCUT2D eigenvalue weighted by atomic mass is 10.0. The summed E-state index contributed by atoms with van der Waals surface area (Å²) in [6, 6.07) is 2.97. The van der Waals surface area contributed by atoms with Crippen molar-refractivity contribution in [2.24, 2.45) is 5.10 Å². The number of carbonyl (C=O) groups is 1. The normalized spacial score (nSPS) is 14.8. The Kier molecular flexibility index (Phi) is 6.33. The first-order valence-electron chi connectivity index (χ1n) is 9.35. The van der Waals surface area contributed by atoms with Gasteiger partial charge in [0.1, 0.15) is 5.69 Å². The molecule has 0 spiro atoms. The van der Waals surface area contributed by atoms with Gasteiger partial charge >= 0.3 is 0 Å². The van der Waals surface area contributed by atoms with Crippen molar-refractivity contribution in [2.75, 3.05) is 11.6 Å². The van der Waals surface area contributed by atoms with E-state index in [-0.39, 0.29) is 40.8 Å². The van der Waals surface area contributed by atoms with Gasteiger partial charge in [-0.3, -0.25) is 4.79 Å². The fourth-order valence-electron chi connectivity index (χ4n) is 3.13. The Bertz CT molecular complexity index is 1160. The Morgan fingerprint density at radius 3 is 2.25 bits per heavy atom. The average molecular weight is 452 g/mol. The summed E-state index contributed by atoms with van der Waals surface area (Å²) in [6.07, 6.45) is 3.13. The van der Waals surface area contributed by atoms with Crippen LogP contribution >= 0.6 is 0 Å². The zero-order valence-electron chi connectivity index (χ0n) is 17.0. The molecule has 0 fully saturated rings. The maximum absolute atomic E-state index is 14.2. The lowest BCUT2D eigenvalue weighted by molar-refractivity contribution is -0.114. The van der Waals surface area contributed by atoms with Crippen LogP contribution in [0.5, 0.6) is 11.5 Å². The highest BCUT2D eigenvalue weighted by Crippen LogP contribution is 2.36. The molecule has 32 heavy (non-hydrogen) atoms. The Hall–Kier alpha value is -3.69. The van der Waals surface area contributed by atoms with Crippen molar-refractivity contribution in [3.63, 3.8) is 0 Å². The maximum atomic E-state index is 14.2. The van der Waals surface area contributed by atoms with Crippen LogP contribution in [-0.4, -0.2) is 23.3 Å². The number of phenolic OH excluding ortho intramolecular Hbond substituents is 1. The number of halogens is 5. The lowest BCUT2D eigenvalue weighted by Gasteiger charge is -2.15. The van der Waals surface area contributed by atoms with E-state index >= 15 is 0 Å². The van der Waals surface area contributed by atoms with Crippen LogP contribution in [0.1, 0.15) is 25.0 Å². The smallest absolute Gasteiger partial charge is 0.280 e. The third kappa shape index (κ3) is 3.83.